The molecule has 0 spiro atoms. The van der Waals surface area contributed by atoms with Gasteiger partial charge in [-0.2, -0.15) is 0 Å². The van der Waals surface area contributed by atoms with E-state index in [1.54, 1.807) is 7.11 Å². The second-order valence-electron chi connectivity index (χ2n) is 2.86. The second kappa shape index (κ2) is 13.0. The molecule has 0 radical (unpaired) electrons. The van der Waals surface area contributed by atoms with Crippen LogP contribution >= 0.6 is 0 Å². The molecule has 98 valence electrons. The monoisotopic (exact) mass is 256 g/mol. The quantitative estimate of drug-likeness (QED) is 0.388. The highest BCUT2D eigenvalue weighted by Gasteiger charge is 1.94. The molecule has 6 nitrogen and oxygen atoms in total. The molecule has 1 atom stereocenters. The van der Waals surface area contributed by atoms with E-state index < -0.39 is 11.1 Å². The van der Waals surface area contributed by atoms with E-state index in [1.165, 1.54) is 0 Å². The molecule has 7 heteroatoms. The number of hydrogen-bond acceptors (Lipinski definition) is 5. The van der Waals surface area contributed by atoms with Gasteiger partial charge in [-0.3, -0.25) is 0 Å². The highest BCUT2D eigenvalue weighted by Crippen LogP contribution is 1.82. The Labute approximate surface area is 98.5 Å². The van der Waals surface area contributed by atoms with Crippen molar-refractivity contribution in [3.8, 4) is 0 Å². The van der Waals surface area contributed by atoms with Crippen molar-refractivity contribution in [3.05, 3.63) is 0 Å². The van der Waals surface area contributed by atoms with Gasteiger partial charge in [0.25, 0.3) is 0 Å². The average molecular weight is 256 g/mol. The van der Waals surface area contributed by atoms with Gasteiger partial charge in [0.15, 0.2) is 11.1 Å². The molecule has 0 aliphatic rings. The van der Waals surface area contributed by atoms with Gasteiger partial charge in [0, 0.05) is 7.11 Å². The fourth-order valence-corrected chi connectivity index (χ4v) is 1.07. The number of ether oxygens (including phenoxy) is 4. The molecule has 16 heavy (non-hydrogen) atoms. The van der Waals surface area contributed by atoms with Crippen LogP contribution in [0.2, 0.25) is 0 Å². The Morgan fingerprint density at radius 1 is 0.875 bits per heavy atom. The molecule has 0 aromatic rings. The van der Waals surface area contributed by atoms with Crippen molar-refractivity contribution >= 4 is 11.1 Å². The molecule has 1 N–H and O–H groups in total. The highest BCUT2D eigenvalue weighted by molar-refractivity contribution is 7.79. The maximum atomic E-state index is 10.2. The summed E-state index contributed by atoms with van der Waals surface area (Å²) in [6.07, 6.45) is 0. The summed E-state index contributed by atoms with van der Waals surface area (Å²) in [5, 5.41) is 0. The zero-order valence-corrected chi connectivity index (χ0v) is 10.4. The van der Waals surface area contributed by atoms with Gasteiger partial charge in [0.1, 0.15) is 0 Å². The lowest BCUT2D eigenvalue weighted by Gasteiger charge is -2.05. The second-order valence-corrected chi connectivity index (χ2v) is 3.91. The third kappa shape index (κ3) is 13.9. The number of methoxy groups -OCH3 is 1. The first-order valence-corrected chi connectivity index (χ1v) is 6.34. The fourth-order valence-electron chi connectivity index (χ4n) is 0.814. The van der Waals surface area contributed by atoms with Crippen LogP contribution < -0.4 is 0 Å². The van der Waals surface area contributed by atoms with Crippen LogP contribution in [-0.4, -0.2) is 67.9 Å². The van der Waals surface area contributed by atoms with Crippen molar-refractivity contribution in [2.45, 2.75) is 0 Å². The van der Waals surface area contributed by atoms with Gasteiger partial charge in [0.2, 0.25) is 0 Å². The third-order valence-electron chi connectivity index (χ3n) is 1.58. The van der Waals surface area contributed by atoms with Gasteiger partial charge >= 0.3 is 0 Å². The summed E-state index contributed by atoms with van der Waals surface area (Å²) in [5.74, 6) is 0.139. The van der Waals surface area contributed by atoms with Gasteiger partial charge in [-0.15, -0.1) is 0 Å². The molecule has 0 saturated carbocycles. The summed E-state index contributed by atoms with van der Waals surface area (Å²) in [4.78, 5) is 0. The van der Waals surface area contributed by atoms with E-state index in [1.807, 2.05) is 0 Å². The lowest BCUT2D eigenvalue weighted by Crippen LogP contribution is -2.13. The molecule has 0 aliphatic heterocycles. The van der Waals surface area contributed by atoms with Gasteiger partial charge in [0.05, 0.1) is 52.0 Å². The van der Waals surface area contributed by atoms with Gasteiger partial charge in [-0.05, 0) is 0 Å². The molecule has 0 aromatic heterocycles. The van der Waals surface area contributed by atoms with Crippen molar-refractivity contribution < 1.29 is 27.7 Å². The topological polar surface area (TPSA) is 74.2 Å². The molecule has 0 rings (SSSR count). The summed E-state index contributed by atoms with van der Waals surface area (Å²) in [6.45, 7) is 3.36. The van der Waals surface area contributed by atoms with E-state index in [0.717, 1.165) is 0 Å². The standard InChI is InChI=1S/C9H20O6S/c1-12-2-3-13-4-5-14-6-7-15-8-9-16(10)11/h2-9H2,1H3,(H,10,11). The molecule has 0 aliphatic carbocycles. The SMILES string of the molecule is COCCOCCOCCOCCS(=O)O. The summed E-state index contributed by atoms with van der Waals surface area (Å²) in [7, 11) is 1.62. The Balaban J connectivity index is 2.90. The summed E-state index contributed by atoms with van der Waals surface area (Å²) in [5.41, 5.74) is 0. The molecule has 0 amide bonds. The molecule has 0 bridgehead atoms. The van der Waals surface area contributed by atoms with Crippen LogP contribution in [0.3, 0.4) is 0 Å². The predicted molar refractivity (Wildman–Crippen MR) is 60.0 cm³/mol. The molecule has 0 fully saturated rings. The number of rotatable bonds is 12. The van der Waals surface area contributed by atoms with E-state index in [9.17, 15) is 4.21 Å². The Kier molecular flexibility index (Phi) is 13.0. The van der Waals surface area contributed by atoms with Crippen LogP contribution in [0.5, 0.6) is 0 Å². The van der Waals surface area contributed by atoms with Crippen molar-refractivity contribution in [1.29, 1.82) is 0 Å². The average Bonchev–Trinajstić information content (AvgIpc) is 2.25. The first-order valence-electron chi connectivity index (χ1n) is 5.07. The van der Waals surface area contributed by atoms with Crippen LogP contribution in [0.15, 0.2) is 0 Å². The Bertz CT molecular complexity index is 166. The minimum atomic E-state index is -1.78. The normalized spacial score (nSPS) is 12.9. The highest BCUT2D eigenvalue weighted by atomic mass is 32.2. The van der Waals surface area contributed by atoms with E-state index in [4.69, 9.17) is 23.5 Å². The summed E-state index contributed by atoms with van der Waals surface area (Å²) < 4.78 is 38.9. The third-order valence-corrected chi connectivity index (χ3v) is 2.09. The van der Waals surface area contributed by atoms with Crippen LogP contribution in [0, 0.1) is 0 Å². The van der Waals surface area contributed by atoms with Crippen LogP contribution in [-0.2, 0) is 30.0 Å². The Morgan fingerprint density at radius 3 is 1.75 bits per heavy atom. The van der Waals surface area contributed by atoms with E-state index >= 15 is 0 Å². The van der Waals surface area contributed by atoms with E-state index in [2.05, 4.69) is 0 Å². The van der Waals surface area contributed by atoms with E-state index in [0.29, 0.717) is 39.6 Å². The van der Waals surface area contributed by atoms with E-state index in [-0.39, 0.29) is 12.4 Å². The summed E-state index contributed by atoms with van der Waals surface area (Å²) >= 11 is -1.78. The molecule has 1 unspecified atom stereocenters. The van der Waals surface area contributed by atoms with Crippen molar-refractivity contribution in [1.82, 2.24) is 0 Å². The van der Waals surface area contributed by atoms with Crippen molar-refractivity contribution in [3.63, 3.8) is 0 Å². The maximum absolute atomic E-state index is 10.2. The first kappa shape index (κ1) is 16.0. The smallest absolute Gasteiger partial charge is 0.155 e. The molecule has 0 saturated heterocycles. The fraction of sp³-hybridized carbons (Fsp3) is 1.00. The van der Waals surface area contributed by atoms with Gasteiger partial charge < -0.3 is 23.5 Å². The van der Waals surface area contributed by atoms with Gasteiger partial charge in [-0.25, -0.2) is 4.21 Å². The summed E-state index contributed by atoms with van der Waals surface area (Å²) in [6, 6.07) is 0. The lowest BCUT2D eigenvalue weighted by atomic mass is 10.7. The Hall–Kier alpha value is -0.0500. The minimum absolute atomic E-state index is 0.139. The molecule has 0 heterocycles. The molecular formula is C9H20O6S. The predicted octanol–water partition coefficient (Wildman–Crippen LogP) is -0.0957. The first-order chi connectivity index (χ1) is 7.77. The maximum Gasteiger partial charge on any atom is 0.155 e. The van der Waals surface area contributed by atoms with Crippen molar-refractivity contribution in [2.24, 2.45) is 0 Å². The minimum Gasteiger partial charge on any atom is -0.382 e. The Morgan fingerprint density at radius 2 is 1.31 bits per heavy atom. The molecular weight excluding hydrogens is 236 g/mol. The van der Waals surface area contributed by atoms with Crippen LogP contribution in [0.1, 0.15) is 0 Å². The van der Waals surface area contributed by atoms with Crippen LogP contribution in [0.4, 0.5) is 0 Å². The van der Waals surface area contributed by atoms with Crippen LogP contribution in [0.25, 0.3) is 0 Å². The lowest BCUT2D eigenvalue weighted by molar-refractivity contribution is 0.00554. The zero-order valence-electron chi connectivity index (χ0n) is 9.55. The number of hydrogen-bond donors (Lipinski definition) is 1. The zero-order chi connectivity index (χ0) is 12.1. The van der Waals surface area contributed by atoms with Crippen molar-refractivity contribution in [2.75, 3.05) is 59.1 Å². The van der Waals surface area contributed by atoms with Gasteiger partial charge in [-0.1, -0.05) is 0 Å². The molecule has 0 aromatic carbocycles. The largest absolute Gasteiger partial charge is 0.382 e.